The molecule has 2 heterocycles. The van der Waals surface area contributed by atoms with Crippen LogP contribution in [0.2, 0.25) is 0 Å². The number of carbonyl (C=O) groups excluding carboxylic acids is 1. The van der Waals surface area contributed by atoms with Crippen LogP contribution in [0.3, 0.4) is 0 Å². The Labute approximate surface area is 166 Å². The predicted molar refractivity (Wildman–Crippen MR) is 105 cm³/mol. The summed E-state index contributed by atoms with van der Waals surface area (Å²) in [6.45, 7) is 6.28. The molecule has 3 rings (SSSR count). The van der Waals surface area contributed by atoms with Crippen LogP contribution in [-0.2, 0) is 6.42 Å². The largest absolute Gasteiger partial charge is 0.494 e. The highest BCUT2D eigenvalue weighted by atomic mass is 16.6. The first-order chi connectivity index (χ1) is 14.0. The van der Waals surface area contributed by atoms with E-state index in [4.69, 9.17) is 10.5 Å². The van der Waals surface area contributed by atoms with Gasteiger partial charge in [-0.25, -0.2) is 10.1 Å². The molecule has 2 aromatic heterocycles. The van der Waals surface area contributed by atoms with Crippen LogP contribution in [0.1, 0.15) is 48.9 Å². The first-order valence-electron chi connectivity index (χ1n) is 9.16. The molecule has 0 aliphatic carbocycles. The van der Waals surface area contributed by atoms with Crippen LogP contribution in [0, 0.1) is 0 Å². The molecule has 11 nitrogen and oxygen atoms in total. The van der Waals surface area contributed by atoms with Crippen LogP contribution < -0.4 is 15.9 Å². The fourth-order valence-electron chi connectivity index (χ4n) is 2.66. The first-order valence-corrected chi connectivity index (χ1v) is 9.16. The standard InChI is InChI=1S/C18H22N8O3/c1-4-6-14-15(21-25-26(14)17-16(19)23-29-24-17)18(27)22-20-11(3)12-7-9-13(10-8-12)28-5-2/h7-10H,4-6H2,1-3H3,(H2,19,23)(H,22,27)/b20-11-. The van der Waals surface area contributed by atoms with E-state index in [0.717, 1.165) is 17.7 Å². The van der Waals surface area contributed by atoms with Crippen molar-refractivity contribution in [3.05, 3.63) is 41.2 Å². The zero-order valence-corrected chi connectivity index (χ0v) is 16.4. The Bertz CT molecular complexity index is 1010. The third kappa shape index (κ3) is 4.39. The fraction of sp³-hybridized carbons (Fsp3) is 0.333. The van der Waals surface area contributed by atoms with Gasteiger partial charge in [0.25, 0.3) is 5.91 Å². The Morgan fingerprint density at radius 2 is 2.03 bits per heavy atom. The molecular formula is C18H22N8O3. The van der Waals surface area contributed by atoms with Gasteiger partial charge in [0.2, 0.25) is 11.6 Å². The molecular weight excluding hydrogens is 376 g/mol. The summed E-state index contributed by atoms with van der Waals surface area (Å²) in [5.74, 6) is 0.535. The van der Waals surface area contributed by atoms with Gasteiger partial charge >= 0.3 is 0 Å². The lowest BCUT2D eigenvalue weighted by Gasteiger charge is -2.06. The van der Waals surface area contributed by atoms with Gasteiger partial charge in [-0.2, -0.15) is 9.78 Å². The number of rotatable bonds is 8. The summed E-state index contributed by atoms with van der Waals surface area (Å²) < 4.78 is 11.4. The Kier molecular flexibility index (Phi) is 6.17. The Morgan fingerprint density at radius 1 is 1.28 bits per heavy atom. The number of nitrogen functional groups attached to an aromatic ring is 1. The van der Waals surface area contributed by atoms with Crippen LogP contribution in [0.4, 0.5) is 5.82 Å². The number of nitrogens with zero attached hydrogens (tertiary/aromatic N) is 6. The molecule has 0 saturated heterocycles. The highest BCUT2D eigenvalue weighted by Crippen LogP contribution is 2.17. The van der Waals surface area contributed by atoms with E-state index in [1.54, 1.807) is 6.92 Å². The highest BCUT2D eigenvalue weighted by Gasteiger charge is 2.23. The maximum Gasteiger partial charge on any atom is 0.293 e. The van der Waals surface area contributed by atoms with E-state index < -0.39 is 5.91 Å². The smallest absolute Gasteiger partial charge is 0.293 e. The molecule has 29 heavy (non-hydrogen) atoms. The topological polar surface area (TPSA) is 146 Å². The van der Waals surface area contributed by atoms with Crippen molar-refractivity contribution < 1.29 is 14.2 Å². The number of hydrazone groups is 1. The van der Waals surface area contributed by atoms with Crippen molar-refractivity contribution in [2.45, 2.75) is 33.6 Å². The summed E-state index contributed by atoms with van der Waals surface area (Å²) in [7, 11) is 0. The SMILES string of the molecule is CCCc1c(C(=O)N/N=C(/C)c2ccc(OCC)cc2)nnn1-c1nonc1N. The number of nitrogens with one attached hydrogen (secondary N) is 1. The Hall–Kier alpha value is -3.76. The monoisotopic (exact) mass is 398 g/mol. The number of amides is 1. The average Bonchev–Trinajstić information content (AvgIpc) is 3.33. The van der Waals surface area contributed by atoms with E-state index in [2.05, 4.69) is 35.8 Å². The number of carbonyl (C=O) groups is 1. The maximum absolute atomic E-state index is 12.6. The van der Waals surface area contributed by atoms with Gasteiger partial charge in [0.05, 0.1) is 18.0 Å². The summed E-state index contributed by atoms with van der Waals surface area (Å²) in [6.07, 6.45) is 1.29. The predicted octanol–water partition coefficient (Wildman–Crippen LogP) is 1.74. The van der Waals surface area contributed by atoms with E-state index in [0.29, 0.717) is 24.4 Å². The van der Waals surface area contributed by atoms with Crippen molar-refractivity contribution in [3.63, 3.8) is 0 Å². The lowest BCUT2D eigenvalue weighted by atomic mass is 10.1. The van der Waals surface area contributed by atoms with Gasteiger partial charge in [-0.05, 0) is 60.4 Å². The minimum absolute atomic E-state index is 0.0589. The molecule has 0 radical (unpaired) electrons. The zero-order chi connectivity index (χ0) is 20.8. The number of anilines is 1. The van der Waals surface area contributed by atoms with Crippen molar-refractivity contribution in [1.29, 1.82) is 0 Å². The minimum atomic E-state index is -0.486. The third-order valence-corrected chi connectivity index (χ3v) is 4.07. The molecule has 152 valence electrons. The molecule has 0 aliphatic heterocycles. The van der Waals surface area contributed by atoms with Gasteiger partial charge in [0.1, 0.15) is 5.75 Å². The number of benzene rings is 1. The summed E-state index contributed by atoms with van der Waals surface area (Å²) >= 11 is 0. The molecule has 1 amide bonds. The van der Waals surface area contributed by atoms with E-state index >= 15 is 0 Å². The van der Waals surface area contributed by atoms with Gasteiger partial charge in [-0.15, -0.1) is 5.10 Å². The Morgan fingerprint density at radius 3 is 2.66 bits per heavy atom. The second kappa shape index (κ2) is 8.95. The molecule has 0 fully saturated rings. The zero-order valence-electron chi connectivity index (χ0n) is 16.4. The average molecular weight is 398 g/mol. The molecule has 0 atom stereocenters. The number of ether oxygens (including phenoxy) is 1. The van der Waals surface area contributed by atoms with E-state index in [9.17, 15) is 4.79 Å². The van der Waals surface area contributed by atoms with Crippen molar-refractivity contribution in [2.75, 3.05) is 12.3 Å². The fourth-order valence-corrected chi connectivity index (χ4v) is 2.66. The van der Waals surface area contributed by atoms with Crippen LogP contribution in [-0.4, -0.2) is 43.5 Å². The van der Waals surface area contributed by atoms with E-state index in [1.165, 1.54) is 4.68 Å². The van der Waals surface area contributed by atoms with Crippen LogP contribution in [0.5, 0.6) is 5.75 Å². The lowest BCUT2D eigenvalue weighted by Crippen LogP contribution is -2.21. The van der Waals surface area contributed by atoms with Crippen LogP contribution in [0.15, 0.2) is 34.0 Å². The summed E-state index contributed by atoms with van der Waals surface area (Å²) in [4.78, 5) is 12.6. The third-order valence-electron chi connectivity index (χ3n) is 4.07. The lowest BCUT2D eigenvalue weighted by molar-refractivity contribution is 0.0948. The number of aromatic nitrogens is 5. The number of nitrogens with two attached hydrogens (primary N) is 1. The van der Waals surface area contributed by atoms with Gasteiger partial charge in [-0.1, -0.05) is 18.6 Å². The van der Waals surface area contributed by atoms with Gasteiger partial charge in [-0.3, -0.25) is 4.79 Å². The van der Waals surface area contributed by atoms with Crippen LogP contribution >= 0.6 is 0 Å². The van der Waals surface area contributed by atoms with Crippen LogP contribution in [0.25, 0.3) is 5.82 Å². The molecule has 0 aliphatic rings. The summed E-state index contributed by atoms with van der Waals surface area (Å²) in [5.41, 5.74) is 10.4. The van der Waals surface area contributed by atoms with Crippen molar-refractivity contribution in [3.8, 4) is 11.6 Å². The summed E-state index contributed by atoms with van der Waals surface area (Å²) in [6, 6.07) is 7.44. The van der Waals surface area contributed by atoms with Crippen molar-refractivity contribution in [1.82, 2.24) is 30.7 Å². The van der Waals surface area contributed by atoms with Crippen molar-refractivity contribution >= 4 is 17.4 Å². The second-order valence-electron chi connectivity index (χ2n) is 6.12. The molecule has 0 saturated carbocycles. The molecule has 0 spiro atoms. The van der Waals surface area contributed by atoms with E-state index in [1.807, 2.05) is 38.1 Å². The molecule has 11 heteroatoms. The highest BCUT2D eigenvalue weighted by molar-refractivity contribution is 6.00. The first kappa shape index (κ1) is 20.0. The maximum atomic E-state index is 12.6. The van der Waals surface area contributed by atoms with Gasteiger partial charge in [0, 0.05) is 0 Å². The van der Waals surface area contributed by atoms with Gasteiger partial charge in [0.15, 0.2) is 5.69 Å². The number of hydrogen-bond acceptors (Lipinski definition) is 9. The molecule has 0 unspecified atom stereocenters. The molecule has 1 aromatic carbocycles. The molecule has 3 aromatic rings. The van der Waals surface area contributed by atoms with E-state index in [-0.39, 0.29) is 17.3 Å². The van der Waals surface area contributed by atoms with Crippen molar-refractivity contribution in [2.24, 2.45) is 5.10 Å². The second-order valence-corrected chi connectivity index (χ2v) is 6.12. The molecule has 3 N–H and O–H groups in total. The summed E-state index contributed by atoms with van der Waals surface area (Å²) in [5, 5.41) is 19.3. The molecule has 0 bridgehead atoms. The quantitative estimate of drug-likeness (QED) is 0.431. The van der Waals surface area contributed by atoms with Gasteiger partial charge < -0.3 is 10.5 Å². The minimum Gasteiger partial charge on any atom is -0.494 e. The Balaban J connectivity index is 1.79. The number of hydrogen-bond donors (Lipinski definition) is 2. The normalized spacial score (nSPS) is 11.5.